The lowest BCUT2D eigenvalue weighted by atomic mass is 9.97. The third-order valence-corrected chi connectivity index (χ3v) is 6.04. The van der Waals surface area contributed by atoms with Gasteiger partial charge in [-0.3, -0.25) is 14.6 Å². The van der Waals surface area contributed by atoms with E-state index in [0.717, 1.165) is 73.6 Å². The molecule has 1 aromatic carbocycles. The van der Waals surface area contributed by atoms with Crippen LogP contribution in [0.1, 0.15) is 36.5 Å². The maximum atomic E-state index is 12.1. The molecule has 0 unspecified atom stereocenters. The number of aryl methyl sites for hydroxylation is 2. The van der Waals surface area contributed by atoms with Gasteiger partial charge >= 0.3 is 11.6 Å². The van der Waals surface area contributed by atoms with Crippen molar-refractivity contribution in [3.05, 3.63) is 39.2 Å². The van der Waals surface area contributed by atoms with Crippen LogP contribution >= 0.6 is 0 Å². The van der Waals surface area contributed by atoms with Crippen molar-refractivity contribution < 1.29 is 23.4 Å². The molecule has 0 saturated carbocycles. The molecule has 4 rings (SSSR count). The molecule has 8 heteroatoms. The Kier molecular flexibility index (Phi) is 7.44. The summed E-state index contributed by atoms with van der Waals surface area (Å²) in [6, 6.07) is 3.50. The second-order valence-corrected chi connectivity index (χ2v) is 8.47. The second-order valence-electron chi connectivity index (χ2n) is 8.47. The van der Waals surface area contributed by atoms with Crippen molar-refractivity contribution in [2.24, 2.45) is 0 Å². The van der Waals surface area contributed by atoms with Crippen molar-refractivity contribution in [1.29, 1.82) is 0 Å². The minimum atomic E-state index is -0.362. The van der Waals surface area contributed by atoms with Crippen molar-refractivity contribution in [2.75, 3.05) is 52.7 Å². The fourth-order valence-corrected chi connectivity index (χ4v) is 4.27. The molecule has 2 aliphatic rings. The molecule has 0 amide bonds. The molecule has 3 heterocycles. The summed E-state index contributed by atoms with van der Waals surface area (Å²) in [7, 11) is 0. The highest BCUT2D eigenvalue weighted by Gasteiger charge is 2.26. The largest absolute Gasteiger partial charge is 0.477 e. The van der Waals surface area contributed by atoms with Crippen LogP contribution < -0.4 is 10.4 Å². The molecule has 0 spiro atoms. The van der Waals surface area contributed by atoms with Crippen molar-refractivity contribution in [2.45, 2.75) is 39.7 Å². The molecule has 8 nitrogen and oxygen atoms in total. The van der Waals surface area contributed by atoms with Gasteiger partial charge in [0.05, 0.1) is 25.4 Å². The van der Waals surface area contributed by atoms with Crippen molar-refractivity contribution >= 4 is 16.9 Å². The summed E-state index contributed by atoms with van der Waals surface area (Å²) in [4.78, 5) is 28.8. The predicted molar refractivity (Wildman–Crippen MR) is 120 cm³/mol. The summed E-state index contributed by atoms with van der Waals surface area (Å²) in [5.41, 5.74) is 2.91. The Morgan fingerprint density at radius 3 is 2.72 bits per heavy atom. The van der Waals surface area contributed by atoms with Crippen molar-refractivity contribution in [3.63, 3.8) is 0 Å². The van der Waals surface area contributed by atoms with Gasteiger partial charge in [-0.05, 0) is 37.0 Å². The van der Waals surface area contributed by atoms with Crippen LogP contribution in [0.4, 0.5) is 0 Å². The Morgan fingerprint density at radius 1 is 1.16 bits per heavy atom. The first-order valence-electron chi connectivity index (χ1n) is 11.4. The lowest BCUT2D eigenvalue weighted by Gasteiger charge is -2.33. The van der Waals surface area contributed by atoms with E-state index in [1.807, 2.05) is 19.9 Å². The molecular weight excluding hydrogens is 412 g/mol. The van der Waals surface area contributed by atoms with E-state index in [9.17, 15) is 9.59 Å². The molecular formula is C24H32N2O6. The highest BCUT2D eigenvalue weighted by molar-refractivity contribution is 5.86. The van der Waals surface area contributed by atoms with Crippen LogP contribution in [0, 0.1) is 6.92 Å². The Morgan fingerprint density at radius 2 is 1.94 bits per heavy atom. The fraction of sp³-hybridized carbons (Fsp3) is 0.583. The van der Waals surface area contributed by atoms with Gasteiger partial charge in [-0.15, -0.1) is 0 Å². The first-order chi connectivity index (χ1) is 15.5. The van der Waals surface area contributed by atoms with E-state index in [1.165, 1.54) is 6.07 Å². The third kappa shape index (κ3) is 5.31. The topological polar surface area (TPSA) is 81.5 Å². The average Bonchev–Trinajstić information content (AvgIpc) is 2.80. The molecule has 0 bridgehead atoms. The van der Waals surface area contributed by atoms with E-state index in [2.05, 4.69) is 9.80 Å². The summed E-state index contributed by atoms with van der Waals surface area (Å²) in [6.07, 6.45) is 1.61. The van der Waals surface area contributed by atoms with E-state index >= 15 is 0 Å². The van der Waals surface area contributed by atoms with E-state index in [1.54, 1.807) is 0 Å². The molecule has 0 N–H and O–H groups in total. The molecule has 0 aliphatic carbocycles. The van der Waals surface area contributed by atoms with Gasteiger partial charge < -0.3 is 18.6 Å². The minimum Gasteiger partial charge on any atom is -0.477 e. The highest BCUT2D eigenvalue weighted by atomic mass is 16.5. The lowest BCUT2D eigenvalue weighted by molar-refractivity contribution is -0.143. The normalized spacial score (nSPS) is 17.2. The summed E-state index contributed by atoms with van der Waals surface area (Å²) in [5, 5.41) is 0.888. The van der Waals surface area contributed by atoms with Crippen LogP contribution in [-0.2, 0) is 27.2 Å². The zero-order valence-corrected chi connectivity index (χ0v) is 19.0. The molecule has 0 radical (unpaired) electrons. The van der Waals surface area contributed by atoms with Crippen LogP contribution in [0.5, 0.6) is 5.75 Å². The monoisotopic (exact) mass is 444 g/mol. The Bertz CT molecular complexity index is 1010. The first kappa shape index (κ1) is 22.8. The van der Waals surface area contributed by atoms with E-state index in [0.29, 0.717) is 31.9 Å². The Hall–Kier alpha value is -2.42. The average molecular weight is 445 g/mol. The van der Waals surface area contributed by atoms with E-state index < -0.39 is 0 Å². The van der Waals surface area contributed by atoms with Gasteiger partial charge in [-0.25, -0.2) is 4.79 Å². The molecule has 0 atom stereocenters. The number of rotatable bonds is 8. The predicted octanol–water partition coefficient (Wildman–Crippen LogP) is 2.47. The van der Waals surface area contributed by atoms with Gasteiger partial charge in [0.25, 0.3) is 0 Å². The lowest BCUT2D eigenvalue weighted by Crippen LogP contribution is -2.43. The number of benzene rings is 1. The number of ether oxygens (including phenoxy) is 3. The first-order valence-corrected chi connectivity index (χ1v) is 11.4. The molecule has 1 saturated heterocycles. The molecule has 2 aromatic rings. The van der Waals surface area contributed by atoms with Crippen LogP contribution in [0.15, 0.2) is 21.3 Å². The highest BCUT2D eigenvalue weighted by Crippen LogP contribution is 2.37. The zero-order valence-electron chi connectivity index (χ0n) is 19.0. The number of carbonyl (C=O) groups excluding carboxylic acids is 1. The standard InChI is InChI=1S/C24H32N2O6/c1-3-10-30-21(27)5-4-18-14-19-17(2)13-22(28)32-24(19)20-15-26(16-31-23(18)20)7-6-25-8-11-29-12-9-25/h13-14H,3-12,15-16H2,1-2H3. The van der Waals surface area contributed by atoms with Crippen LogP contribution in [-0.4, -0.2) is 68.5 Å². The van der Waals surface area contributed by atoms with Gasteiger partial charge in [0, 0.05) is 50.6 Å². The number of esters is 1. The van der Waals surface area contributed by atoms with Gasteiger partial charge in [-0.2, -0.15) is 0 Å². The molecule has 1 aromatic heterocycles. The number of carbonyl (C=O) groups is 1. The van der Waals surface area contributed by atoms with Gasteiger partial charge in [0.15, 0.2) is 0 Å². The summed E-state index contributed by atoms with van der Waals surface area (Å²) < 4.78 is 22.5. The van der Waals surface area contributed by atoms with Crippen molar-refractivity contribution in [1.82, 2.24) is 9.80 Å². The smallest absolute Gasteiger partial charge is 0.336 e. The summed E-state index contributed by atoms with van der Waals surface area (Å²) >= 11 is 0. The molecule has 1 fully saturated rings. The molecule has 2 aliphatic heterocycles. The maximum Gasteiger partial charge on any atom is 0.336 e. The van der Waals surface area contributed by atoms with E-state index in [4.69, 9.17) is 18.6 Å². The number of hydrogen-bond donors (Lipinski definition) is 0. The zero-order chi connectivity index (χ0) is 22.5. The van der Waals surface area contributed by atoms with Crippen molar-refractivity contribution in [3.8, 4) is 5.75 Å². The van der Waals surface area contributed by atoms with Gasteiger partial charge in [0.1, 0.15) is 18.1 Å². The minimum absolute atomic E-state index is 0.208. The summed E-state index contributed by atoms with van der Waals surface area (Å²) in [6.45, 7) is 10.7. The number of nitrogens with zero attached hydrogens (tertiary/aromatic N) is 2. The van der Waals surface area contributed by atoms with Crippen LogP contribution in [0.2, 0.25) is 0 Å². The van der Waals surface area contributed by atoms with Crippen LogP contribution in [0.3, 0.4) is 0 Å². The Balaban J connectivity index is 1.57. The molecule has 174 valence electrons. The second kappa shape index (κ2) is 10.5. The Labute approximate surface area is 188 Å². The van der Waals surface area contributed by atoms with E-state index in [-0.39, 0.29) is 18.0 Å². The number of fused-ring (bicyclic) bond motifs is 3. The number of morpholine rings is 1. The summed E-state index contributed by atoms with van der Waals surface area (Å²) in [5.74, 6) is 0.525. The molecule has 32 heavy (non-hydrogen) atoms. The quantitative estimate of drug-likeness (QED) is 0.454. The SMILES string of the molecule is CCCOC(=O)CCc1cc2c(C)cc(=O)oc2c2c1OCN(CCN1CCOCC1)C2. The third-order valence-electron chi connectivity index (χ3n) is 6.04. The number of hydrogen-bond acceptors (Lipinski definition) is 8. The van der Waals surface area contributed by atoms with Gasteiger partial charge in [-0.1, -0.05) is 6.92 Å². The fourth-order valence-electron chi connectivity index (χ4n) is 4.27. The van der Waals surface area contributed by atoms with Crippen LogP contribution in [0.25, 0.3) is 11.0 Å². The maximum absolute atomic E-state index is 12.1. The van der Waals surface area contributed by atoms with Gasteiger partial charge in [0.2, 0.25) is 0 Å².